The molecule has 0 fully saturated rings. The molecule has 2 aromatic heterocycles. The molecule has 2 aromatic carbocycles. The predicted octanol–water partition coefficient (Wildman–Crippen LogP) is 2.70. The van der Waals surface area contributed by atoms with Gasteiger partial charge in [-0.25, -0.2) is 4.79 Å². The number of benzene rings is 2. The summed E-state index contributed by atoms with van der Waals surface area (Å²) in [6.45, 7) is 1.85. The number of hydrogen-bond acceptors (Lipinski definition) is 4. The molecule has 3 heterocycles. The molecule has 0 spiro atoms. The molecule has 0 N–H and O–H groups in total. The summed E-state index contributed by atoms with van der Waals surface area (Å²) < 4.78 is 4.45. The van der Waals surface area contributed by atoms with Gasteiger partial charge in [0.1, 0.15) is 0 Å². The first kappa shape index (κ1) is 19.6. The molecular formula is C23H22ClN5O2. The van der Waals surface area contributed by atoms with Crippen molar-refractivity contribution < 1.29 is 0 Å². The van der Waals surface area contributed by atoms with E-state index in [0.717, 1.165) is 23.1 Å². The lowest BCUT2D eigenvalue weighted by Gasteiger charge is -2.30. The van der Waals surface area contributed by atoms with Gasteiger partial charge in [0.15, 0.2) is 11.2 Å². The largest absolute Gasteiger partial charge is 0.337 e. The van der Waals surface area contributed by atoms with Crippen LogP contribution in [0.1, 0.15) is 16.7 Å². The molecule has 158 valence electrons. The van der Waals surface area contributed by atoms with E-state index in [0.29, 0.717) is 35.2 Å². The summed E-state index contributed by atoms with van der Waals surface area (Å²) in [5.41, 5.74) is 3.49. The van der Waals surface area contributed by atoms with Crippen LogP contribution in [0.2, 0.25) is 5.02 Å². The minimum Gasteiger partial charge on any atom is -0.337 e. The molecule has 0 amide bonds. The highest BCUT2D eigenvalue weighted by atomic mass is 35.5. The lowest BCUT2D eigenvalue weighted by molar-refractivity contribution is 0.674. The molecule has 0 unspecified atom stereocenters. The Morgan fingerprint density at radius 3 is 2.45 bits per heavy atom. The van der Waals surface area contributed by atoms with Gasteiger partial charge in [0.25, 0.3) is 5.56 Å². The summed E-state index contributed by atoms with van der Waals surface area (Å²) in [5, 5.41) is 0.626. The van der Waals surface area contributed by atoms with E-state index in [1.54, 1.807) is 7.05 Å². The molecule has 1 aliphatic heterocycles. The topological polar surface area (TPSA) is 65.1 Å². The van der Waals surface area contributed by atoms with Gasteiger partial charge in [0.2, 0.25) is 5.95 Å². The van der Waals surface area contributed by atoms with Crippen molar-refractivity contribution in [2.45, 2.75) is 19.5 Å². The molecule has 0 atom stereocenters. The molecule has 7 nitrogen and oxygen atoms in total. The van der Waals surface area contributed by atoms with E-state index in [1.807, 2.05) is 34.9 Å². The highest BCUT2D eigenvalue weighted by molar-refractivity contribution is 6.31. The monoisotopic (exact) mass is 435 g/mol. The van der Waals surface area contributed by atoms with Crippen LogP contribution in [0.4, 0.5) is 5.95 Å². The lowest BCUT2D eigenvalue weighted by atomic mass is 10.0. The number of aromatic nitrogens is 4. The van der Waals surface area contributed by atoms with Crippen LogP contribution >= 0.6 is 11.6 Å². The van der Waals surface area contributed by atoms with Crippen molar-refractivity contribution in [3.63, 3.8) is 0 Å². The van der Waals surface area contributed by atoms with E-state index < -0.39 is 5.69 Å². The molecule has 5 rings (SSSR count). The summed E-state index contributed by atoms with van der Waals surface area (Å²) in [6.07, 6.45) is 0.891. The fourth-order valence-electron chi connectivity index (χ4n) is 4.29. The van der Waals surface area contributed by atoms with Gasteiger partial charge in [-0.15, -0.1) is 0 Å². The Morgan fingerprint density at radius 2 is 1.68 bits per heavy atom. The number of fused-ring (bicyclic) bond motifs is 2. The zero-order chi connectivity index (χ0) is 21.7. The van der Waals surface area contributed by atoms with Crippen molar-refractivity contribution in [3.05, 3.63) is 91.1 Å². The minimum atomic E-state index is -0.393. The maximum absolute atomic E-state index is 13.1. The molecule has 0 saturated heterocycles. The normalized spacial score (nSPS) is 13.6. The number of rotatable bonds is 3. The number of anilines is 1. The maximum Gasteiger partial charge on any atom is 0.332 e. The predicted molar refractivity (Wildman–Crippen MR) is 122 cm³/mol. The van der Waals surface area contributed by atoms with Gasteiger partial charge in [0.05, 0.1) is 6.54 Å². The number of halogens is 1. The first-order valence-electron chi connectivity index (χ1n) is 10.2. The smallest absolute Gasteiger partial charge is 0.332 e. The van der Waals surface area contributed by atoms with E-state index >= 15 is 0 Å². The van der Waals surface area contributed by atoms with Crippen LogP contribution in [0.25, 0.3) is 11.2 Å². The Labute approximate surface area is 183 Å². The second kappa shape index (κ2) is 7.42. The van der Waals surface area contributed by atoms with Gasteiger partial charge in [-0.05, 0) is 29.2 Å². The SMILES string of the molecule is Cn1c(=O)c2c(nc(N3CCc4ccccc4C3)n2Cc2ccccc2Cl)n(C)c1=O. The Balaban J connectivity index is 1.73. The van der Waals surface area contributed by atoms with Crippen LogP contribution in [0.15, 0.2) is 58.1 Å². The van der Waals surface area contributed by atoms with Gasteiger partial charge in [-0.1, -0.05) is 54.1 Å². The van der Waals surface area contributed by atoms with Crippen molar-refractivity contribution in [1.29, 1.82) is 0 Å². The zero-order valence-electron chi connectivity index (χ0n) is 17.4. The van der Waals surface area contributed by atoms with Crippen LogP contribution in [0.5, 0.6) is 0 Å². The number of imidazole rings is 1. The van der Waals surface area contributed by atoms with Gasteiger partial charge in [-0.3, -0.25) is 18.5 Å². The van der Waals surface area contributed by atoms with E-state index in [1.165, 1.54) is 22.7 Å². The van der Waals surface area contributed by atoms with Gasteiger partial charge < -0.3 is 4.90 Å². The maximum atomic E-state index is 13.1. The fraction of sp³-hybridized carbons (Fsp3) is 0.261. The first-order chi connectivity index (χ1) is 15.0. The summed E-state index contributed by atoms with van der Waals surface area (Å²) in [7, 11) is 3.14. The van der Waals surface area contributed by atoms with E-state index in [-0.39, 0.29) is 5.56 Å². The van der Waals surface area contributed by atoms with Crippen molar-refractivity contribution >= 4 is 28.7 Å². The average molecular weight is 436 g/mol. The molecular weight excluding hydrogens is 414 g/mol. The zero-order valence-corrected chi connectivity index (χ0v) is 18.1. The molecule has 0 aliphatic carbocycles. The Morgan fingerprint density at radius 1 is 0.968 bits per heavy atom. The number of aryl methyl sites for hydroxylation is 1. The van der Waals surface area contributed by atoms with Gasteiger partial charge in [-0.2, -0.15) is 4.98 Å². The summed E-state index contributed by atoms with van der Waals surface area (Å²) in [4.78, 5) is 32.6. The van der Waals surface area contributed by atoms with Crippen molar-refractivity contribution in [1.82, 2.24) is 18.7 Å². The van der Waals surface area contributed by atoms with Crippen LogP contribution in [0.3, 0.4) is 0 Å². The highest BCUT2D eigenvalue weighted by Gasteiger charge is 2.25. The van der Waals surface area contributed by atoms with E-state index in [4.69, 9.17) is 16.6 Å². The van der Waals surface area contributed by atoms with Crippen molar-refractivity contribution in [3.8, 4) is 0 Å². The summed E-state index contributed by atoms with van der Waals surface area (Å²) in [5.74, 6) is 0.669. The van der Waals surface area contributed by atoms with Gasteiger partial charge in [0, 0.05) is 32.2 Å². The van der Waals surface area contributed by atoms with Crippen LogP contribution in [0, 0.1) is 0 Å². The fourth-order valence-corrected chi connectivity index (χ4v) is 4.49. The second-order valence-corrected chi connectivity index (χ2v) is 8.31. The number of hydrogen-bond donors (Lipinski definition) is 0. The van der Waals surface area contributed by atoms with Gasteiger partial charge >= 0.3 is 5.69 Å². The van der Waals surface area contributed by atoms with Crippen LogP contribution < -0.4 is 16.1 Å². The molecule has 0 radical (unpaired) electrons. The molecule has 0 saturated carbocycles. The van der Waals surface area contributed by atoms with E-state index in [9.17, 15) is 9.59 Å². The quantitative estimate of drug-likeness (QED) is 0.496. The minimum absolute atomic E-state index is 0.360. The third-order valence-corrected chi connectivity index (χ3v) is 6.40. The average Bonchev–Trinajstić information content (AvgIpc) is 3.17. The Bertz CT molecular complexity index is 1430. The highest BCUT2D eigenvalue weighted by Crippen LogP contribution is 2.28. The first-order valence-corrected chi connectivity index (χ1v) is 10.5. The Kier molecular flexibility index (Phi) is 4.70. The standard InChI is InChI=1S/C23H22ClN5O2/c1-26-20-19(21(30)27(2)23(26)31)29(14-17-9-5-6-10-18(17)24)22(25-20)28-12-11-15-7-3-4-8-16(15)13-28/h3-10H,11-14H2,1-2H3. The molecule has 8 heteroatoms. The molecule has 4 aromatic rings. The number of nitrogens with zero attached hydrogens (tertiary/aromatic N) is 5. The lowest BCUT2D eigenvalue weighted by Crippen LogP contribution is -2.37. The second-order valence-electron chi connectivity index (χ2n) is 7.91. The summed E-state index contributed by atoms with van der Waals surface area (Å²) in [6, 6.07) is 15.9. The van der Waals surface area contributed by atoms with Crippen molar-refractivity contribution in [2.75, 3.05) is 11.4 Å². The molecule has 31 heavy (non-hydrogen) atoms. The van der Waals surface area contributed by atoms with E-state index in [2.05, 4.69) is 23.1 Å². The third-order valence-electron chi connectivity index (χ3n) is 6.03. The van der Waals surface area contributed by atoms with Crippen molar-refractivity contribution in [2.24, 2.45) is 14.1 Å². The summed E-state index contributed by atoms with van der Waals surface area (Å²) >= 11 is 6.44. The Hall–Kier alpha value is -3.32. The van der Waals surface area contributed by atoms with Crippen LogP contribution in [-0.2, 0) is 33.6 Å². The van der Waals surface area contributed by atoms with Crippen LogP contribution in [-0.4, -0.2) is 25.2 Å². The molecule has 0 bridgehead atoms. The molecule has 1 aliphatic rings. The third kappa shape index (κ3) is 3.16.